The third-order valence-corrected chi connectivity index (χ3v) is 3.62. The highest BCUT2D eigenvalue weighted by Gasteiger charge is 2.76. The van der Waals surface area contributed by atoms with Gasteiger partial charge in [-0.25, -0.2) is 4.79 Å². The van der Waals surface area contributed by atoms with Crippen LogP contribution >= 0.6 is 12.2 Å². The number of H-pyrrole nitrogens is 1. The zero-order chi connectivity index (χ0) is 14.7. The first kappa shape index (κ1) is 13.7. The zero-order valence-corrected chi connectivity index (χ0v) is 10.6. The van der Waals surface area contributed by atoms with Gasteiger partial charge in [0.05, 0.1) is 0 Å². The Hall–Kier alpha value is -1.23. The first-order valence-electron chi connectivity index (χ1n) is 5.63. The number of ether oxygens (including phenoxy) is 2. The number of hydrogen-bond acceptors (Lipinski definition) is 5. The van der Waals surface area contributed by atoms with E-state index in [0.29, 0.717) is 0 Å². The number of aliphatic hydroxyl groups excluding tert-OH is 1. The number of nitrogens with one attached hydrogen (secondary N) is 1. The van der Waals surface area contributed by atoms with Gasteiger partial charge in [0.2, 0.25) is 5.79 Å². The van der Waals surface area contributed by atoms with Crippen molar-refractivity contribution < 1.29 is 27.8 Å². The molecule has 0 aliphatic carbocycles. The Kier molecular flexibility index (Phi) is 2.84. The zero-order valence-electron chi connectivity index (χ0n) is 9.76. The van der Waals surface area contributed by atoms with E-state index in [1.807, 2.05) is 0 Å². The van der Waals surface area contributed by atoms with Crippen LogP contribution in [-0.2, 0) is 9.47 Å². The molecule has 0 amide bonds. The number of aromatic nitrogens is 2. The highest BCUT2D eigenvalue weighted by Crippen LogP contribution is 2.59. The summed E-state index contributed by atoms with van der Waals surface area (Å²) < 4.78 is 50.1. The molecule has 20 heavy (non-hydrogen) atoms. The Morgan fingerprint density at radius 3 is 2.75 bits per heavy atom. The van der Waals surface area contributed by atoms with Crippen molar-refractivity contribution >= 4 is 12.2 Å². The largest absolute Gasteiger partial charge is 0.398 e. The first-order valence-corrected chi connectivity index (χ1v) is 6.04. The molecule has 110 valence electrons. The Labute approximate surface area is 114 Å². The summed E-state index contributed by atoms with van der Waals surface area (Å²) in [5, 5.41) is 9.10. The smallest absolute Gasteiger partial charge is 0.391 e. The predicted molar refractivity (Wildman–Crippen MR) is 60.2 cm³/mol. The average molecular weight is 310 g/mol. The molecule has 3 rings (SSSR count). The van der Waals surface area contributed by atoms with Crippen molar-refractivity contribution in [1.82, 2.24) is 9.55 Å². The summed E-state index contributed by atoms with van der Waals surface area (Å²) in [6.45, 7) is -0.710. The monoisotopic (exact) mass is 310 g/mol. The Morgan fingerprint density at radius 2 is 2.20 bits per heavy atom. The molecule has 4 atom stereocenters. The predicted octanol–water partition coefficient (Wildman–Crippen LogP) is 0.701. The van der Waals surface area contributed by atoms with Crippen molar-refractivity contribution in [2.75, 3.05) is 6.61 Å². The van der Waals surface area contributed by atoms with E-state index in [1.54, 1.807) is 0 Å². The molecule has 0 saturated carbocycles. The molecule has 10 heteroatoms. The molecule has 2 aliphatic rings. The maximum atomic E-state index is 13.1. The molecule has 0 bridgehead atoms. The molecular formula is C10H9F3N2O4S. The number of rotatable bonds is 2. The first-order chi connectivity index (χ1) is 9.28. The summed E-state index contributed by atoms with van der Waals surface area (Å²) in [7, 11) is 0. The minimum Gasteiger partial charge on any atom is -0.391 e. The third kappa shape index (κ3) is 1.91. The third-order valence-electron chi connectivity index (χ3n) is 3.38. The van der Waals surface area contributed by atoms with E-state index in [9.17, 15) is 18.0 Å². The Morgan fingerprint density at radius 1 is 1.50 bits per heavy atom. The van der Waals surface area contributed by atoms with Crippen LogP contribution in [-0.4, -0.2) is 39.3 Å². The molecule has 2 aliphatic heterocycles. The lowest BCUT2D eigenvalue weighted by molar-refractivity contribution is -0.237. The van der Waals surface area contributed by atoms with E-state index in [-0.39, 0.29) is 4.64 Å². The van der Waals surface area contributed by atoms with Gasteiger partial charge in [-0.3, -0.25) is 9.55 Å². The standard InChI is InChI=1S/C10H9F3N2O4S/c11-10(12,13)5-6-9(3-16,18-6)19-7(5)15-2-1-4(20)14-8(15)17/h1-2,5-7,16H,3H2,(H,14,17,20)/t5?,6-,7-,9?/m1/s1. The van der Waals surface area contributed by atoms with Crippen LogP contribution in [0.25, 0.3) is 0 Å². The number of halogens is 3. The summed E-state index contributed by atoms with van der Waals surface area (Å²) in [4.78, 5) is 13.9. The minimum absolute atomic E-state index is 0.103. The second-order valence-electron chi connectivity index (χ2n) is 4.60. The van der Waals surface area contributed by atoms with E-state index in [1.165, 1.54) is 6.07 Å². The van der Waals surface area contributed by atoms with Crippen LogP contribution in [0.5, 0.6) is 0 Å². The number of aromatic amines is 1. The van der Waals surface area contributed by atoms with E-state index in [2.05, 4.69) is 4.98 Å². The summed E-state index contributed by atoms with van der Waals surface area (Å²) in [5.74, 6) is -3.70. The van der Waals surface area contributed by atoms with Crippen molar-refractivity contribution in [2.24, 2.45) is 5.92 Å². The Bertz CT molecular complexity index is 657. The van der Waals surface area contributed by atoms with E-state index in [4.69, 9.17) is 26.8 Å². The summed E-state index contributed by atoms with van der Waals surface area (Å²) >= 11 is 4.72. The highest BCUT2D eigenvalue weighted by atomic mass is 32.1. The molecule has 2 saturated heterocycles. The number of nitrogens with zero attached hydrogens (tertiary/aromatic N) is 1. The fraction of sp³-hybridized carbons (Fsp3) is 0.600. The molecule has 2 fully saturated rings. The van der Waals surface area contributed by atoms with Gasteiger partial charge >= 0.3 is 11.9 Å². The van der Waals surface area contributed by atoms with Gasteiger partial charge in [0.15, 0.2) is 6.23 Å². The average Bonchev–Trinajstić information content (AvgIpc) is 2.93. The van der Waals surface area contributed by atoms with Crippen molar-refractivity contribution in [1.29, 1.82) is 0 Å². The number of alkyl halides is 3. The second kappa shape index (κ2) is 4.13. The highest BCUT2D eigenvalue weighted by molar-refractivity contribution is 7.71. The van der Waals surface area contributed by atoms with E-state index < -0.39 is 42.5 Å². The topological polar surface area (TPSA) is 79.8 Å². The SMILES string of the molecule is O=c1[nH]c(=S)ccn1[C@@H]1OC2(CO)O[C@@H]2C1C(F)(F)F. The Balaban J connectivity index is 2.04. The lowest BCUT2D eigenvalue weighted by atomic mass is 10.0. The fourth-order valence-corrected chi connectivity index (χ4v) is 2.55. The lowest BCUT2D eigenvalue weighted by Gasteiger charge is -2.25. The van der Waals surface area contributed by atoms with Crippen molar-refractivity contribution in [3.63, 3.8) is 0 Å². The molecule has 3 heterocycles. The van der Waals surface area contributed by atoms with Crippen LogP contribution < -0.4 is 5.69 Å². The molecule has 2 unspecified atom stereocenters. The van der Waals surface area contributed by atoms with Crippen LogP contribution in [0, 0.1) is 10.6 Å². The molecule has 0 radical (unpaired) electrons. The number of fused-ring (bicyclic) bond motifs is 1. The van der Waals surface area contributed by atoms with Crippen molar-refractivity contribution in [3.8, 4) is 0 Å². The van der Waals surface area contributed by atoms with Crippen molar-refractivity contribution in [2.45, 2.75) is 24.3 Å². The lowest BCUT2D eigenvalue weighted by Crippen LogP contribution is -2.38. The number of hydrogen-bond donors (Lipinski definition) is 2. The molecule has 1 aromatic heterocycles. The minimum atomic E-state index is -4.63. The summed E-state index contributed by atoms with van der Waals surface area (Å²) in [6, 6.07) is 1.28. The second-order valence-corrected chi connectivity index (χ2v) is 5.04. The van der Waals surface area contributed by atoms with Gasteiger partial charge < -0.3 is 14.6 Å². The van der Waals surface area contributed by atoms with Crippen molar-refractivity contribution in [3.05, 3.63) is 27.4 Å². The number of aliphatic hydroxyl groups is 1. The molecule has 0 spiro atoms. The quantitative estimate of drug-likeness (QED) is 0.621. The van der Waals surface area contributed by atoms with E-state index >= 15 is 0 Å². The molecule has 2 N–H and O–H groups in total. The fourth-order valence-electron chi connectivity index (χ4n) is 2.41. The van der Waals surface area contributed by atoms with Crippen LogP contribution in [0.3, 0.4) is 0 Å². The van der Waals surface area contributed by atoms with Gasteiger partial charge in [-0.05, 0) is 6.07 Å². The molecular weight excluding hydrogens is 301 g/mol. The maximum Gasteiger partial charge on any atom is 0.398 e. The van der Waals surface area contributed by atoms with Crippen LogP contribution in [0.4, 0.5) is 13.2 Å². The van der Waals surface area contributed by atoms with Gasteiger partial charge in [-0.15, -0.1) is 0 Å². The van der Waals surface area contributed by atoms with Gasteiger partial charge in [-0.1, -0.05) is 12.2 Å². The van der Waals surface area contributed by atoms with Gasteiger partial charge in [0.25, 0.3) is 0 Å². The van der Waals surface area contributed by atoms with Crippen LogP contribution in [0.2, 0.25) is 0 Å². The summed E-state index contributed by atoms with van der Waals surface area (Å²) in [6.07, 6.45) is -6.41. The maximum absolute atomic E-state index is 13.1. The summed E-state index contributed by atoms with van der Waals surface area (Å²) in [5.41, 5.74) is -0.814. The molecule has 0 aromatic carbocycles. The van der Waals surface area contributed by atoms with Gasteiger partial charge in [-0.2, -0.15) is 13.2 Å². The normalized spacial score (nSPS) is 35.9. The number of epoxide rings is 1. The van der Waals surface area contributed by atoms with Crippen LogP contribution in [0.1, 0.15) is 6.23 Å². The van der Waals surface area contributed by atoms with E-state index in [0.717, 1.165) is 10.8 Å². The van der Waals surface area contributed by atoms with Gasteiger partial charge in [0.1, 0.15) is 23.3 Å². The molecule has 1 aromatic rings. The van der Waals surface area contributed by atoms with Crippen LogP contribution in [0.15, 0.2) is 17.1 Å². The molecule has 6 nitrogen and oxygen atoms in total. The van der Waals surface area contributed by atoms with Gasteiger partial charge in [0, 0.05) is 6.20 Å².